The number of para-hydroxylation sites is 2. The third-order valence-electron chi connectivity index (χ3n) is 5.29. The molecule has 1 saturated heterocycles. The van der Waals surface area contributed by atoms with Gasteiger partial charge in [0.1, 0.15) is 0 Å². The maximum absolute atomic E-state index is 13.0. The van der Waals surface area contributed by atoms with E-state index >= 15 is 0 Å². The van der Waals surface area contributed by atoms with Crippen LogP contribution in [0.25, 0.3) is 0 Å². The smallest absolute Gasteiger partial charge is 0.231 e. The van der Waals surface area contributed by atoms with Gasteiger partial charge in [0.2, 0.25) is 5.91 Å². The number of carbonyl (C=O) groups is 1. The van der Waals surface area contributed by atoms with E-state index in [1.165, 1.54) is 24.0 Å². The van der Waals surface area contributed by atoms with E-state index in [1.54, 1.807) is 0 Å². The SMILES string of the molecule is O=C(Nc1ccccc1N1CCCC1)[C@H]1CCCc2ccccc21. The topological polar surface area (TPSA) is 32.3 Å². The maximum Gasteiger partial charge on any atom is 0.231 e. The van der Waals surface area contributed by atoms with Crippen molar-refractivity contribution in [2.45, 2.75) is 38.0 Å². The first-order valence-electron chi connectivity index (χ1n) is 9.05. The number of anilines is 2. The fourth-order valence-corrected chi connectivity index (χ4v) is 4.06. The zero-order valence-corrected chi connectivity index (χ0v) is 14.0. The molecule has 2 aromatic rings. The number of benzene rings is 2. The van der Waals surface area contributed by atoms with Crippen molar-refractivity contribution in [1.29, 1.82) is 0 Å². The molecule has 1 N–H and O–H groups in total. The van der Waals surface area contributed by atoms with E-state index in [2.05, 4.69) is 40.5 Å². The third-order valence-corrected chi connectivity index (χ3v) is 5.29. The predicted molar refractivity (Wildman–Crippen MR) is 98.6 cm³/mol. The molecule has 4 rings (SSSR count). The molecule has 1 amide bonds. The van der Waals surface area contributed by atoms with Gasteiger partial charge < -0.3 is 10.2 Å². The van der Waals surface area contributed by atoms with Crippen LogP contribution in [-0.4, -0.2) is 19.0 Å². The second-order valence-electron chi connectivity index (χ2n) is 6.84. The summed E-state index contributed by atoms with van der Waals surface area (Å²) < 4.78 is 0. The van der Waals surface area contributed by atoms with Gasteiger partial charge in [-0.1, -0.05) is 36.4 Å². The Labute approximate surface area is 143 Å². The average molecular weight is 320 g/mol. The number of hydrogen-bond donors (Lipinski definition) is 1. The molecule has 124 valence electrons. The fourth-order valence-electron chi connectivity index (χ4n) is 4.06. The van der Waals surface area contributed by atoms with Crippen molar-refractivity contribution in [2.24, 2.45) is 0 Å². The molecular formula is C21H24N2O. The number of fused-ring (bicyclic) bond motifs is 1. The minimum absolute atomic E-state index is 0.0263. The van der Waals surface area contributed by atoms with Gasteiger partial charge in [-0.2, -0.15) is 0 Å². The van der Waals surface area contributed by atoms with E-state index in [0.29, 0.717) is 0 Å². The first-order chi connectivity index (χ1) is 11.8. The van der Waals surface area contributed by atoms with Gasteiger partial charge in [-0.05, 0) is 55.4 Å². The average Bonchev–Trinajstić information content (AvgIpc) is 3.16. The van der Waals surface area contributed by atoms with Crippen LogP contribution in [0.1, 0.15) is 42.7 Å². The molecule has 3 heteroatoms. The van der Waals surface area contributed by atoms with Gasteiger partial charge in [0.15, 0.2) is 0 Å². The lowest BCUT2D eigenvalue weighted by atomic mass is 9.82. The molecule has 3 nitrogen and oxygen atoms in total. The quantitative estimate of drug-likeness (QED) is 0.912. The third kappa shape index (κ3) is 2.91. The highest BCUT2D eigenvalue weighted by atomic mass is 16.1. The number of nitrogens with one attached hydrogen (secondary N) is 1. The number of nitrogens with zero attached hydrogens (tertiary/aromatic N) is 1. The molecule has 2 aromatic carbocycles. The summed E-state index contributed by atoms with van der Waals surface area (Å²) in [5.41, 5.74) is 4.65. The normalized spacial score (nSPS) is 19.8. The van der Waals surface area contributed by atoms with Crippen LogP contribution in [0.2, 0.25) is 0 Å². The molecule has 1 aliphatic carbocycles. The number of hydrogen-bond acceptors (Lipinski definition) is 2. The zero-order chi connectivity index (χ0) is 16.4. The second-order valence-corrected chi connectivity index (χ2v) is 6.84. The van der Waals surface area contributed by atoms with Gasteiger partial charge in [0.05, 0.1) is 17.3 Å². The molecule has 0 bridgehead atoms. The Morgan fingerprint density at radius 1 is 0.958 bits per heavy atom. The van der Waals surface area contributed by atoms with Crippen molar-refractivity contribution in [3.8, 4) is 0 Å². The number of amides is 1. The van der Waals surface area contributed by atoms with Crippen molar-refractivity contribution in [2.75, 3.05) is 23.3 Å². The van der Waals surface area contributed by atoms with Crippen LogP contribution in [0.15, 0.2) is 48.5 Å². The number of rotatable bonds is 3. The van der Waals surface area contributed by atoms with Gasteiger partial charge in [-0.25, -0.2) is 0 Å². The molecule has 1 atom stereocenters. The van der Waals surface area contributed by atoms with Crippen molar-refractivity contribution in [3.63, 3.8) is 0 Å². The van der Waals surface area contributed by atoms with E-state index < -0.39 is 0 Å². The Hall–Kier alpha value is -2.29. The molecule has 24 heavy (non-hydrogen) atoms. The first kappa shape index (κ1) is 15.3. The zero-order valence-electron chi connectivity index (χ0n) is 14.0. The Balaban J connectivity index is 1.57. The van der Waals surface area contributed by atoms with Gasteiger partial charge >= 0.3 is 0 Å². The lowest BCUT2D eigenvalue weighted by Crippen LogP contribution is -2.26. The highest BCUT2D eigenvalue weighted by molar-refractivity contribution is 5.98. The largest absolute Gasteiger partial charge is 0.370 e. The van der Waals surface area contributed by atoms with E-state index in [4.69, 9.17) is 0 Å². The van der Waals surface area contributed by atoms with Crippen LogP contribution >= 0.6 is 0 Å². The minimum atomic E-state index is -0.0263. The Kier molecular flexibility index (Phi) is 4.24. The summed E-state index contributed by atoms with van der Waals surface area (Å²) in [5.74, 6) is 0.107. The van der Waals surface area contributed by atoms with Crippen LogP contribution in [0.4, 0.5) is 11.4 Å². The molecule has 1 heterocycles. The summed E-state index contributed by atoms with van der Waals surface area (Å²) >= 11 is 0. The Morgan fingerprint density at radius 2 is 1.71 bits per heavy atom. The summed E-state index contributed by atoms with van der Waals surface area (Å²) in [4.78, 5) is 15.3. The van der Waals surface area contributed by atoms with E-state index in [9.17, 15) is 4.79 Å². The van der Waals surface area contributed by atoms with Crippen LogP contribution in [0.3, 0.4) is 0 Å². The van der Waals surface area contributed by atoms with Gasteiger partial charge in [-0.3, -0.25) is 4.79 Å². The Bertz CT molecular complexity index is 734. The molecule has 1 fully saturated rings. The first-order valence-corrected chi connectivity index (χ1v) is 9.05. The molecule has 0 unspecified atom stereocenters. The second kappa shape index (κ2) is 6.68. The van der Waals surface area contributed by atoms with E-state index in [-0.39, 0.29) is 11.8 Å². The van der Waals surface area contributed by atoms with E-state index in [0.717, 1.165) is 43.7 Å². The molecular weight excluding hydrogens is 296 g/mol. The summed E-state index contributed by atoms with van der Waals surface area (Å²) in [6.45, 7) is 2.16. The maximum atomic E-state index is 13.0. The number of carbonyl (C=O) groups excluding carboxylic acids is 1. The van der Waals surface area contributed by atoms with Gasteiger partial charge in [-0.15, -0.1) is 0 Å². The molecule has 0 aromatic heterocycles. The minimum Gasteiger partial charge on any atom is -0.370 e. The van der Waals surface area contributed by atoms with Gasteiger partial charge in [0.25, 0.3) is 0 Å². The van der Waals surface area contributed by atoms with Crippen molar-refractivity contribution in [1.82, 2.24) is 0 Å². The van der Waals surface area contributed by atoms with Crippen molar-refractivity contribution in [3.05, 3.63) is 59.7 Å². The molecule has 0 saturated carbocycles. The predicted octanol–water partition coefficient (Wildman–Crippen LogP) is 4.35. The summed E-state index contributed by atoms with van der Waals surface area (Å²) in [6.07, 6.45) is 5.58. The lowest BCUT2D eigenvalue weighted by molar-refractivity contribution is -0.117. The van der Waals surface area contributed by atoms with Crippen molar-refractivity contribution < 1.29 is 4.79 Å². The van der Waals surface area contributed by atoms with Gasteiger partial charge in [0, 0.05) is 13.1 Å². The van der Waals surface area contributed by atoms with Crippen LogP contribution in [0.5, 0.6) is 0 Å². The van der Waals surface area contributed by atoms with E-state index in [1.807, 2.05) is 18.2 Å². The van der Waals surface area contributed by atoms with Crippen LogP contribution in [-0.2, 0) is 11.2 Å². The fraction of sp³-hybridized carbons (Fsp3) is 0.381. The summed E-state index contributed by atoms with van der Waals surface area (Å²) in [6, 6.07) is 16.6. The molecule has 2 aliphatic rings. The summed E-state index contributed by atoms with van der Waals surface area (Å²) in [7, 11) is 0. The Morgan fingerprint density at radius 3 is 2.58 bits per heavy atom. The standard InChI is InChI=1S/C21H24N2O/c24-21(18-11-7-9-16-8-1-2-10-17(16)18)22-19-12-3-4-13-20(19)23-14-5-6-15-23/h1-4,8,10,12-13,18H,5-7,9,11,14-15H2,(H,22,24)/t18-/m0/s1. The monoisotopic (exact) mass is 320 g/mol. The van der Waals surface area contributed by atoms with Crippen LogP contribution < -0.4 is 10.2 Å². The highest BCUT2D eigenvalue weighted by Crippen LogP contribution is 2.34. The van der Waals surface area contributed by atoms with Crippen LogP contribution in [0, 0.1) is 0 Å². The molecule has 0 spiro atoms. The highest BCUT2D eigenvalue weighted by Gasteiger charge is 2.27. The lowest BCUT2D eigenvalue weighted by Gasteiger charge is -2.26. The molecule has 0 radical (unpaired) electrons. The number of aryl methyl sites for hydroxylation is 1. The van der Waals surface area contributed by atoms with Crippen molar-refractivity contribution >= 4 is 17.3 Å². The summed E-state index contributed by atoms with van der Waals surface area (Å²) in [5, 5.41) is 3.22. The molecule has 1 aliphatic heterocycles.